The van der Waals surface area contributed by atoms with Gasteiger partial charge in [0.15, 0.2) is 5.82 Å². The van der Waals surface area contributed by atoms with E-state index in [0.717, 1.165) is 11.3 Å². The lowest BCUT2D eigenvalue weighted by atomic mass is 9.92. The predicted octanol–water partition coefficient (Wildman–Crippen LogP) is 4.16. The third kappa shape index (κ3) is 3.35. The molecule has 1 atom stereocenters. The largest absolute Gasteiger partial charge is 0.369 e. The Morgan fingerprint density at radius 2 is 1.75 bits per heavy atom. The molecule has 0 saturated heterocycles. The van der Waals surface area contributed by atoms with Crippen molar-refractivity contribution in [2.45, 2.75) is 32.3 Å². The average Bonchev–Trinajstić information content (AvgIpc) is 2.39. The zero-order chi connectivity index (χ0) is 14.8. The Morgan fingerprint density at radius 1 is 1.10 bits per heavy atom. The van der Waals surface area contributed by atoms with E-state index in [1.165, 1.54) is 0 Å². The number of nitrogens with zero attached hydrogens (tertiary/aromatic N) is 2. The summed E-state index contributed by atoms with van der Waals surface area (Å²) in [5, 5.41) is 0.443. The van der Waals surface area contributed by atoms with Gasteiger partial charge in [-0.05, 0) is 11.6 Å². The van der Waals surface area contributed by atoms with Gasteiger partial charge in [-0.25, -0.2) is 9.97 Å². The summed E-state index contributed by atoms with van der Waals surface area (Å²) in [4.78, 5) is 8.96. The molecule has 0 aliphatic heterocycles. The highest BCUT2D eigenvalue weighted by molar-refractivity contribution is 6.29. The first-order valence-corrected chi connectivity index (χ1v) is 6.92. The van der Waals surface area contributed by atoms with Crippen molar-refractivity contribution >= 4 is 11.6 Å². The summed E-state index contributed by atoms with van der Waals surface area (Å²) in [5.74, 6) is 0.594. The number of hydrogen-bond donors (Lipinski definition) is 0. The number of rotatable bonds is 3. The predicted molar refractivity (Wildman–Crippen MR) is 81.0 cm³/mol. The van der Waals surface area contributed by atoms with Crippen molar-refractivity contribution in [1.29, 1.82) is 0 Å². The van der Waals surface area contributed by atoms with Gasteiger partial charge < -0.3 is 4.74 Å². The molecule has 0 N–H and O–H groups in total. The van der Waals surface area contributed by atoms with Gasteiger partial charge in [0.2, 0.25) is 0 Å². The molecule has 2 aromatic rings. The molecule has 1 aromatic carbocycles. The van der Waals surface area contributed by atoms with Crippen molar-refractivity contribution in [2.24, 2.45) is 0 Å². The summed E-state index contributed by atoms with van der Waals surface area (Å²) < 4.78 is 5.56. The Balaban J connectivity index is 2.48. The monoisotopic (exact) mass is 290 g/mol. The molecule has 0 radical (unpaired) electrons. The zero-order valence-corrected chi connectivity index (χ0v) is 13.0. The van der Waals surface area contributed by atoms with Crippen molar-refractivity contribution in [3.63, 3.8) is 0 Å². The molecule has 0 bridgehead atoms. The topological polar surface area (TPSA) is 35.0 Å². The third-order valence-electron chi connectivity index (χ3n) is 3.05. The van der Waals surface area contributed by atoms with E-state index in [-0.39, 0.29) is 11.5 Å². The number of methoxy groups -OCH3 is 1. The van der Waals surface area contributed by atoms with Gasteiger partial charge in [0.05, 0.1) is 5.69 Å². The van der Waals surface area contributed by atoms with Crippen molar-refractivity contribution in [1.82, 2.24) is 9.97 Å². The molecule has 0 fully saturated rings. The van der Waals surface area contributed by atoms with Crippen LogP contribution in [0.1, 0.15) is 44.0 Å². The van der Waals surface area contributed by atoms with E-state index in [9.17, 15) is 0 Å². The standard InChI is InChI=1S/C16H19ClN2O/c1-16(2,3)12-10-13(17)19-15(18-12)14(20-4)11-8-6-5-7-9-11/h5-10,14H,1-4H3. The molecule has 3 nitrogen and oxygen atoms in total. The Bertz CT molecular complexity index is 579. The molecule has 0 amide bonds. The summed E-state index contributed by atoms with van der Waals surface area (Å²) in [6.07, 6.45) is -0.309. The average molecular weight is 291 g/mol. The van der Waals surface area contributed by atoms with Gasteiger partial charge in [0.1, 0.15) is 11.3 Å². The zero-order valence-electron chi connectivity index (χ0n) is 12.2. The number of halogens is 1. The summed E-state index contributed by atoms with van der Waals surface area (Å²) in [6, 6.07) is 11.7. The fraction of sp³-hybridized carbons (Fsp3) is 0.375. The van der Waals surface area contributed by atoms with Crippen molar-refractivity contribution in [2.75, 3.05) is 7.11 Å². The summed E-state index contributed by atoms with van der Waals surface area (Å²) in [5.41, 5.74) is 1.83. The Labute approximate surface area is 125 Å². The molecular formula is C16H19ClN2O. The second-order valence-electron chi connectivity index (χ2n) is 5.71. The van der Waals surface area contributed by atoms with Crippen molar-refractivity contribution in [3.05, 3.63) is 58.6 Å². The minimum absolute atomic E-state index is 0.0870. The molecule has 0 saturated carbocycles. The molecule has 20 heavy (non-hydrogen) atoms. The van der Waals surface area contributed by atoms with Gasteiger partial charge in [0.25, 0.3) is 0 Å². The lowest BCUT2D eigenvalue weighted by Gasteiger charge is -2.21. The van der Waals surface area contributed by atoms with Gasteiger partial charge in [-0.1, -0.05) is 62.7 Å². The summed E-state index contributed by atoms with van der Waals surface area (Å²) in [6.45, 7) is 6.29. The Hall–Kier alpha value is -1.45. The van der Waals surface area contributed by atoms with Gasteiger partial charge in [-0.15, -0.1) is 0 Å². The van der Waals surface area contributed by atoms with Crippen LogP contribution in [-0.2, 0) is 10.2 Å². The molecule has 0 aliphatic rings. The molecule has 106 valence electrons. The number of benzene rings is 1. The molecule has 4 heteroatoms. The van der Waals surface area contributed by atoms with Gasteiger partial charge in [-0.3, -0.25) is 0 Å². The maximum absolute atomic E-state index is 6.14. The maximum Gasteiger partial charge on any atom is 0.163 e. The molecule has 1 unspecified atom stereocenters. The van der Waals surface area contributed by atoms with Crippen LogP contribution < -0.4 is 0 Å². The second kappa shape index (κ2) is 5.90. The van der Waals surface area contributed by atoms with E-state index in [1.807, 2.05) is 36.4 Å². The maximum atomic E-state index is 6.14. The number of hydrogen-bond acceptors (Lipinski definition) is 3. The molecule has 0 spiro atoms. The Kier molecular flexibility index (Phi) is 4.41. The molecule has 2 rings (SSSR count). The summed E-state index contributed by atoms with van der Waals surface area (Å²) >= 11 is 6.14. The van der Waals surface area contributed by atoms with Gasteiger partial charge >= 0.3 is 0 Å². The highest BCUT2D eigenvalue weighted by Crippen LogP contribution is 2.27. The normalized spacial score (nSPS) is 13.2. The van der Waals surface area contributed by atoms with Gasteiger partial charge in [0, 0.05) is 12.5 Å². The first-order valence-electron chi connectivity index (χ1n) is 6.54. The van der Waals surface area contributed by atoms with E-state index in [0.29, 0.717) is 11.0 Å². The first kappa shape index (κ1) is 14.9. The number of aromatic nitrogens is 2. The van der Waals surface area contributed by atoms with Crippen LogP contribution >= 0.6 is 11.6 Å². The van der Waals surface area contributed by atoms with Crippen LogP contribution in [-0.4, -0.2) is 17.1 Å². The minimum atomic E-state index is -0.309. The van der Waals surface area contributed by atoms with E-state index in [1.54, 1.807) is 7.11 Å². The Morgan fingerprint density at radius 3 is 2.30 bits per heavy atom. The van der Waals surface area contributed by atoms with Crippen LogP contribution in [0, 0.1) is 0 Å². The van der Waals surface area contributed by atoms with Crippen molar-refractivity contribution in [3.8, 4) is 0 Å². The molecule has 0 aliphatic carbocycles. The molecule has 1 aromatic heterocycles. The van der Waals surface area contributed by atoms with Crippen LogP contribution in [0.4, 0.5) is 0 Å². The van der Waals surface area contributed by atoms with Crippen LogP contribution in [0.15, 0.2) is 36.4 Å². The van der Waals surface area contributed by atoms with E-state index in [4.69, 9.17) is 16.3 Å². The lowest BCUT2D eigenvalue weighted by Crippen LogP contribution is -2.17. The van der Waals surface area contributed by atoms with Crippen molar-refractivity contribution < 1.29 is 4.74 Å². The van der Waals surface area contributed by atoms with E-state index >= 15 is 0 Å². The highest BCUT2D eigenvalue weighted by Gasteiger charge is 2.22. The minimum Gasteiger partial charge on any atom is -0.369 e. The lowest BCUT2D eigenvalue weighted by molar-refractivity contribution is 0.128. The second-order valence-corrected chi connectivity index (χ2v) is 6.10. The first-order chi connectivity index (χ1) is 9.41. The smallest absolute Gasteiger partial charge is 0.163 e. The van der Waals surface area contributed by atoms with Crippen LogP contribution in [0.5, 0.6) is 0 Å². The van der Waals surface area contributed by atoms with Gasteiger partial charge in [-0.2, -0.15) is 0 Å². The van der Waals surface area contributed by atoms with Crippen LogP contribution in [0.2, 0.25) is 5.15 Å². The molecule has 1 heterocycles. The quantitative estimate of drug-likeness (QED) is 0.796. The molecular weight excluding hydrogens is 272 g/mol. The fourth-order valence-electron chi connectivity index (χ4n) is 1.96. The number of ether oxygens (including phenoxy) is 1. The fourth-order valence-corrected chi connectivity index (χ4v) is 2.15. The van der Waals surface area contributed by atoms with Crippen LogP contribution in [0.25, 0.3) is 0 Å². The van der Waals surface area contributed by atoms with E-state index in [2.05, 4.69) is 30.7 Å². The SMILES string of the molecule is COC(c1ccccc1)c1nc(Cl)cc(C(C)(C)C)n1. The highest BCUT2D eigenvalue weighted by atomic mass is 35.5. The summed E-state index contributed by atoms with van der Waals surface area (Å²) in [7, 11) is 1.65. The van der Waals surface area contributed by atoms with Crippen LogP contribution in [0.3, 0.4) is 0 Å². The third-order valence-corrected chi connectivity index (χ3v) is 3.25. The van der Waals surface area contributed by atoms with E-state index < -0.39 is 0 Å².